The Morgan fingerprint density at radius 1 is 1.44 bits per heavy atom. The number of aromatic nitrogens is 1. The van der Waals surface area contributed by atoms with E-state index in [1.165, 1.54) is 28.0 Å². The number of hydrogen-bond donors (Lipinski definition) is 1. The van der Waals surface area contributed by atoms with Gasteiger partial charge in [0, 0.05) is 30.1 Å². The van der Waals surface area contributed by atoms with Crippen LogP contribution >= 0.6 is 46.3 Å². The van der Waals surface area contributed by atoms with Crippen molar-refractivity contribution < 1.29 is 9.59 Å². The number of nitrogens with one attached hydrogen (secondary N) is 1. The second kappa shape index (κ2) is 7.74. The van der Waals surface area contributed by atoms with E-state index in [0.29, 0.717) is 26.0 Å². The number of rotatable bonds is 4. The molecule has 1 atom stereocenters. The molecule has 3 rings (SSSR count). The smallest absolute Gasteiger partial charge is 0.242 e. The maximum absolute atomic E-state index is 12.3. The molecule has 1 aromatic carbocycles. The Labute approximate surface area is 162 Å². The third kappa shape index (κ3) is 4.33. The number of amides is 2. The van der Waals surface area contributed by atoms with Crippen LogP contribution in [0.2, 0.25) is 10.0 Å². The summed E-state index contributed by atoms with van der Waals surface area (Å²) in [7, 11) is 1.63. The number of thioether (sulfide) groups is 1. The lowest BCUT2D eigenvalue weighted by molar-refractivity contribution is -0.127. The summed E-state index contributed by atoms with van der Waals surface area (Å²) in [5.74, 6) is -0.475. The highest BCUT2D eigenvalue weighted by Gasteiger charge is 2.37. The van der Waals surface area contributed by atoms with E-state index in [1.54, 1.807) is 31.4 Å². The van der Waals surface area contributed by atoms with Crippen LogP contribution in [0.4, 0.5) is 10.8 Å². The van der Waals surface area contributed by atoms with E-state index in [-0.39, 0.29) is 18.2 Å². The van der Waals surface area contributed by atoms with Gasteiger partial charge in [-0.25, -0.2) is 4.98 Å². The van der Waals surface area contributed by atoms with Crippen molar-refractivity contribution >= 4 is 74.1 Å². The number of halogens is 2. The maximum atomic E-state index is 12.3. The van der Waals surface area contributed by atoms with Crippen LogP contribution in [0.5, 0.6) is 0 Å². The van der Waals surface area contributed by atoms with Crippen LogP contribution in [0.15, 0.2) is 34.8 Å². The van der Waals surface area contributed by atoms with Gasteiger partial charge in [-0.1, -0.05) is 35.0 Å². The van der Waals surface area contributed by atoms with Crippen LogP contribution in [0, 0.1) is 0 Å². The van der Waals surface area contributed by atoms with Gasteiger partial charge in [0.1, 0.15) is 5.25 Å². The predicted molar refractivity (Wildman–Crippen MR) is 103 cm³/mol. The summed E-state index contributed by atoms with van der Waals surface area (Å²) in [4.78, 5) is 34.4. The van der Waals surface area contributed by atoms with Gasteiger partial charge in [0.15, 0.2) is 5.17 Å². The average Bonchev–Trinajstić information content (AvgIpc) is 3.15. The Kier molecular flexibility index (Phi) is 5.63. The van der Waals surface area contributed by atoms with E-state index in [9.17, 15) is 9.59 Å². The lowest BCUT2D eigenvalue weighted by Gasteiger charge is -2.10. The summed E-state index contributed by atoms with van der Waals surface area (Å²) >= 11 is 14.5. The standard InChI is InChI=1S/C15H12Cl2N4O2S2/c1-21-13(23)11(25-15(21)20-14-18-4-5-24-14)7-12(22)19-10-3-2-8(16)6-9(10)17/h2-6,11H,7H2,1H3,(H,19,22). The molecule has 130 valence electrons. The number of carbonyl (C=O) groups excluding carboxylic acids is 2. The van der Waals surface area contributed by atoms with E-state index in [2.05, 4.69) is 15.3 Å². The van der Waals surface area contributed by atoms with Crippen molar-refractivity contribution in [2.45, 2.75) is 11.7 Å². The molecule has 0 aliphatic carbocycles. The molecule has 2 amide bonds. The first kappa shape index (κ1) is 18.2. The topological polar surface area (TPSA) is 74.7 Å². The Morgan fingerprint density at radius 2 is 2.24 bits per heavy atom. The normalized spacial score (nSPS) is 18.8. The van der Waals surface area contributed by atoms with Crippen molar-refractivity contribution in [1.82, 2.24) is 9.88 Å². The van der Waals surface area contributed by atoms with Crippen molar-refractivity contribution in [3.8, 4) is 0 Å². The third-order valence-corrected chi connectivity index (χ3v) is 5.77. The molecule has 1 aliphatic heterocycles. The van der Waals surface area contributed by atoms with Crippen molar-refractivity contribution in [2.24, 2.45) is 4.99 Å². The summed E-state index contributed by atoms with van der Waals surface area (Å²) in [5.41, 5.74) is 0.455. The molecule has 1 aliphatic rings. The Bertz CT molecular complexity index is 842. The van der Waals surface area contributed by atoms with Crippen LogP contribution in [-0.2, 0) is 9.59 Å². The summed E-state index contributed by atoms with van der Waals surface area (Å²) in [6.45, 7) is 0. The molecule has 0 radical (unpaired) electrons. The van der Waals surface area contributed by atoms with Gasteiger partial charge in [-0.3, -0.25) is 14.5 Å². The predicted octanol–water partition coefficient (Wildman–Crippen LogP) is 4.04. The van der Waals surface area contributed by atoms with Crippen molar-refractivity contribution in [3.63, 3.8) is 0 Å². The average molecular weight is 415 g/mol. The first-order chi connectivity index (χ1) is 11.9. The highest BCUT2D eigenvalue weighted by molar-refractivity contribution is 8.15. The SMILES string of the molecule is CN1C(=O)C(CC(=O)Nc2ccc(Cl)cc2Cl)SC1=Nc1nccs1. The number of aliphatic imine (C=N–C) groups is 1. The zero-order valence-electron chi connectivity index (χ0n) is 12.9. The van der Waals surface area contributed by atoms with Gasteiger partial charge in [0.2, 0.25) is 16.9 Å². The molecule has 1 saturated heterocycles. The Morgan fingerprint density at radius 3 is 2.92 bits per heavy atom. The Hall–Kier alpha value is -1.61. The molecule has 6 nitrogen and oxygen atoms in total. The third-order valence-electron chi connectivity index (χ3n) is 3.33. The van der Waals surface area contributed by atoms with Crippen LogP contribution in [0.25, 0.3) is 0 Å². The number of amidine groups is 1. The number of benzene rings is 1. The molecule has 1 fully saturated rings. The minimum Gasteiger partial charge on any atom is -0.325 e. The second-order valence-corrected chi connectivity index (χ2v) is 7.98. The fourth-order valence-electron chi connectivity index (χ4n) is 2.11. The lowest BCUT2D eigenvalue weighted by atomic mass is 10.2. The number of nitrogens with zero attached hydrogens (tertiary/aromatic N) is 3. The molecule has 2 heterocycles. The van der Waals surface area contributed by atoms with Crippen molar-refractivity contribution in [1.29, 1.82) is 0 Å². The number of carbonyl (C=O) groups is 2. The first-order valence-corrected chi connectivity index (χ1v) is 9.63. The fraction of sp³-hybridized carbons (Fsp3) is 0.200. The number of thiazole rings is 1. The van der Waals surface area contributed by atoms with Gasteiger partial charge in [-0.05, 0) is 18.2 Å². The summed E-state index contributed by atoms with van der Waals surface area (Å²) < 4.78 is 0. The van der Waals surface area contributed by atoms with E-state index in [4.69, 9.17) is 23.2 Å². The van der Waals surface area contributed by atoms with E-state index >= 15 is 0 Å². The summed E-state index contributed by atoms with van der Waals surface area (Å²) in [6.07, 6.45) is 1.66. The van der Waals surface area contributed by atoms with Crippen LogP contribution in [0.3, 0.4) is 0 Å². The molecule has 1 aromatic heterocycles. The van der Waals surface area contributed by atoms with Crippen LogP contribution in [-0.4, -0.2) is 39.2 Å². The Balaban J connectivity index is 1.66. The van der Waals surface area contributed by atoms with Crippen LogP contribution in [0.1, 0.15) is 6.42 Å². The second-order valence-electron chi connectivity index (χ2n) is 5.09. The highest BCUT2D eigenvalue weighted by Crippen LogP contribution is 2.32. The molecular formula is C15H12Cl2N4O2S2. The minimum absolute atomic E-state index is 0.0175. The van der Waals surface area contributed by atoms with E-state index < -0.39 is 5.25 Å². The van der Waals surface area contributed by atoms with Gasteiger partial charge in [0.05, 0.1) is 10.7 Å². The summed E-state index contributed by atoms with van der Waals surface area (Å²) in [5, 5.41) is 5.89. The quantitative estimate of drug-likeness (QED) is 0.818. The lowest BCUT2D eigenvalue weighted by Crippen LogP contribution is -2.30. The highest BCUT2D eigenvalue weighted by atomic mass is 35.5. The van der Waals surface area contributed by atoms with Crippen molar-refractivity contribution in [2.75, 3.05) is 12.4 Å². The molecule has 2 aromatic rings. The monoisotopic (exact) mass is 414 g/mol. The minimum atomic E-state index is -0.533. The van der Waals surface area contributed by atoms with Gasteiger partial charge >= 0.3 is 0 Å². The first-order valence-electron chi connectivity index (χ1n) is 7.11. The molecule has 1 N–H and O–H groups in total. The van der Waals surface area contributed by atoms with Gasteiger partial charge in [0.25, 0.3) is 0 Å². The number of hydrogen-bond acceptors (Lipinski definition) is 6. The summed E-state index contributed by atoms with van der Waals surface area (Å²) in [6, 6.07) is 4.79. The van der Waals surface area contributed by atoms with E-state index in [1.807, 2.05) is 5.38 Å². The molecule has 25 heavy (non-hydrogen) atoms. The van der Waals surface area contributed by atoms with Gasteiger partial charge < -0.3 is 5.32 Å². The molecule has 0 bridgehead atoms. The molecular weight excluding hydrogens is 403 g/mol. The fourth-order valence-corrected chi connectivity index (χ4v) is 4.26. The molecule has 1 unspecified atom stereocenters. The molecule has 0 saturated carbocycles. The zero-order chi connectivity index (χ0) is 18.0. The molecule has 0 spiro atoms. The number of anilines is 1. The largest absolute Gasteiger partial charge is 0.325 e. The van der Waals surface area contributed by atoms with Crippen LogP contribution < -0.4 is 5.32 Å². The van der Waals surface area contributed by atoms with Gasteiger partial charge in [-0.2, -0.15) is 4.99 Å². The molecule has 10 heteroatoms. The maximum Gasteiger partial charge on any atom is 0.242 e. The zero-order valence-corrected chi connectivity index (χ0v) is 16.0. The van der Waals surface area contributed by atoms with E-state index in [0.717, 1.165) is 0 Å². The van der Waals surface area contributed by atoms with Crippen molar-refractivity contribution in [3.05, 3.63) is 39.8 Å². The van der Waals surface area contributed by atoms with Gasteiger partial charge in [-0.15, -0.1) is 11.3 Å².